The second-order valence-electron chi connectivity index (χ2n) is 3.59. The molecule has 0 bridgehead atoms. The van der Waals surface area contributed by atoms with E-state index < -0.39 is 0 Å². The van der Waals surface area contributed by atoms with Crippen molar-refractivity contribution >= 4 is 49.4 Å². The highest BCUT2D eigenvalue weighted by Crippen LogP contribution is 2.22. The van der Waals surface area contributed by atoms with Gasteiger partial charge in [-0.05, 0) is 50.1 Å². The van der Waals surface area contributed by atoms with Crippen LogP contribution in [-0.2, 0) is 0 Å². The minimum atomic E-state index is -0.280. The summed E-state index contributed by atoms with van der Waals surface area (Å²) in [5.41, 5.74) is 0.439. The molecule has 2 aromatic heterocycles. The van der Waals surface area contributed by atoms with E-state index in [0.717, 1.165) is 8.95 Å². The van der Waals surface area contributed by atoms with Gasteiger partial charge in [0.2, 0.25) is 0 Å². The van der Waals surface area contributed by atoms with E-state index in [-0.39, 0.29) is 5.91 Å². The molecule has 0 aromatic carbocycles. The summed E-state index contributed by atoms with van der Waals surface area (Å²) in [4.78, 5) is 20.4. The zero-order valence-electron chi connectivity index (χ0n) is 9.95. The number of hydrogen-bond acceptors (Lipinski definition) is 4. The molecule has 5 nitrogen and oxygen atoms in total. The van der Waals surface area contributed by atoms with Crippen LogP contribution in [0.4, 0.5) is 11.6 Å². The fourth-order valence-electron chi connectivity index (χ4n) is 1.46. The van der Waals surface area contributed by atoms with Gasteiger partial charge in [-0.25, -0.2) is 9.97 Å². The molecular weight excluding hydrogens is 376 g/mol. The van der Waals surface area contributed by atoms with Crippen LogP contribution in [0.15, 0.2) is 39.5 Å². The SMILES string of the molecule is CNc1ncc(Br)cc1C(=O)Nc1ncccc1Br. The Morgan fingerprint density at radius 2 is 2.05 bits per heavy atom. The Morgan fingerprint density at radius 1 is 1.26 bits per heavy atom. The first-order valence-corrected chi connectivity index (χ1v) is 6.95. The Labute approximate surface area is 127 Å². The van der Waals surface area contributed by atoms with Gasteiger partial charge in [0.15, 0.2) is 0 Å². The van der Waals surface area contributed by atoms with Crippen molar-refractivity contribution in [3.8, 4) is 0 Å². The maximum absolute atomic E-state index is 12.2. The van der Waals surface area contributed by atoms with E-state index in [4.69, 9.17) is 0 Å². The van der Waals surface area contributed by atoms with Crippen LogP contribution in [0, 0.1) is 0 Å². The summed E-state index contributed by atoms with van der Waals surface area (Å²) >= 11 is 6.63. The first-order chi connectivity index (χ1) is 9.11. The van der Waals surface area contributed by atoms with Gasteiger partial charge in [0.1, 0.15) is 11.6 Å². The van der Waals surface area contributed by atoms with Crippen LogP contribution in [0.25, 0.3) is 0 Å². The third-order valence-corrected chi connectivity index (χ3v) is 3.40. The molecule has 0 spiro atoms. The number of hydrogen-bond donors (Lipinski definition) is 2. The Balaban J connectivity index is 2.30. The third kappa shape index (κ3) is 3.30. The van der Waals surface area contributed by atoms with Crippen molar-refractivity contribution in [3.05, 3.63) is 45.1 Å². The molecule has 0 saturated heterocycles. The van der Waals surface area contributed by atoms with Crippen molar-refractivity contribution in [2.75, 3.05) is 17.7 Å². The van der Waals surface area contributed by atoms with E-state index in [1.54, 1.807) is 37.6 Å². The van der Waals surface area contributed by atoms with Gasteiger partial charge in [0.25, 0.3) is 5.91 Å². The number of nitrogens with one attached hydrogen (secondary N) is 2. The van der Waals surface area contributed by atoms with Gasteiger partial charge in [0.05, 0.1) is 10.0 Å². The Morgan fingerprint density at radius 3 is 2.74 bits per heavy atom. The summed E-state index contributed by atoms with van der Waals surface area (Å²) in [6.07, 6.45) is 3.23. The summed E-state index contributed by atoms with van der Waals surface area (Å²) in [5.74, 6) is 0.694. The summed E-state index contributed by atoms with van der Waals surface area (Å²) in [6.45, 7) is 0. The van der Waals surface area contributed by atoms with E-state index in [9.17, 15) is 4.79 Å². The molecule has 0 aliphatic heterocycles. The molecule has 0 aliphatic rings. The average Bonchev–Trinajstić information content (AvgIpc) is 2.41. The number of rotatable bonds is 3. The molecular formula is C12H10Br2N4O. The largest absolute Gasteiger partial charge is 0.372 e. The van der Waals surface area contributed by atoms with Crippen molar-refractivity contribution in [1.29, 1.82) is 0 Å². The smallest absolute Gasteiger partial charge is 0.260 e. The fourth-order valence-corrected chi connectivity index (χ4v) is 2.15. The molecule has 19 heavy (non-hydrogen) atoms. The molecule has 0 aliphatic carbocycles. The third-order valence-electron chi connectivity index (χ3n) is 2.33. The second kappa shape index (κ2) is 6.12. The van der Waals surface area contributed by atoms with Crippen LogP contribution in [0.5, 0.6) is 0 Å². The van der Waals surface area contributed by atoms with Gasteiger partial charge < -0.3 is 10.6 Å². The van der Waals surface area contributed by atoms with Crippen LogP contribution in [0.2, 0.25) is 0 Å². The van der Waals surface area contributed by atoms with Gasteiger partial charge in [-0.3, -0.25) is 4.79 Å². The van der Waals surface area contributed by atoms with E-state index in [2.05, 4.69) is 52.5 Å². The molecule has 2 heterocycles. The maximum Gasteiger partial charge on any atom is 0.260 e. The molecule has 0 fully saturated rings. The molecule has 2 N–H and O–H groups in total. The molecule has 0 saturated carbocycles. The molecule has 1 amide bonds. The van der Waals surface area contributed by atoms with E-state index in [1.165, 1.54) is 0 Å². The monoisotopic (exact) mass is 384 g/mol. The van der Waals surface area contributed by atoms with Crippen LogP contribution in [0.3, 0.4) is 0 Å². The Bertz CT molecular complexity index is 618. The molecule has 7 heteroatoms. The van der Waals surface area contributed by atoms with Crippen molar-refractivity contribution in [1.82, 2.24) is 9.97 Å². The lowest BCUT2D eigenvalue weighted by Gasteiger charge is -2.09. The first kappa shape index (κ1) is 14.0. The number of halogens is 2. The van der Waals surface area contributed by atoms with E-state index in [0.29, 0.717) is 17.2 Å². The lowest BCUT2D eigenvalue weighted by atomic mass is 10.2. The Hall–Kier alpha value is -1.47. The van der Waals surface area contributed by atoms with Gasteiger partial charge in [-0.2, -0.15) is 0 Å². The minimum absolute atomic E-state index is 0.280. The molecule has 0 unspecified atom stereocenters. The topological polar surface area (TPSA) is 66.9 Å². The predicted octanol–water partition coefficient (Wildman–Crippen LogP) is 3.30. The second-order valence-corrected chi connectivity index (χ2v) is 5.36. The summed E-state index contributed by atoms with van der Waals surface area (Å²) in [5, 5.41) is 5.61. The number of carbonyl (C=O) groups excluding carboxylic acids is 1. The number of pyridine rings is 2. The standard InChI is InChI=1S/C12H10Br2N4O/c1-15-10-8(5-7(13)6-17-10)12(19)18-11-9(14)3-2-4-16-11/h2-6H,1H3,(H,15,17)(H,16,18,19). The normalized spacial score (nSPS) is 10.1. The van der Waals surface area contributed by atoms with Crippen molar-refractivity contribution in [2.45, 2.75) is 0 Å². The molecule has 0 radical (unpaired) electrons. The zero-order chi connectivity index (χ0) is 13.8. The lowest BCUT2D eigenvalue weighted by molar-refractivity contribution is 0.102. The predicted molar refractivity (Wildman–Crippen MR) is 81.4 cm³/mol. The maximum atomic E-state index is 12.2. The zero-order valence-corrected chi connectivity index (χ0v) is 13.1. The summed E-state index contributed by atoms with van der Waals surface area (Å²) < 4.78 is 1.45. The van der Waals surface area contributed by atoms with Crippen LogP contribution in [-0.4, -0.2) is 22.9 Å². The van der Waals surface area contributed by atoms with Gasteiger partial charge in [-0.15, -0.1) is 0 Å². The van der Waals surface area contributed by atoms with Crippen LogP contribution in [0.1, 0.15) is 10.4 Å². The molecule has 0 atom stereocenters. The fraction of sp³-hybridized carbons (Fsp3) is 0.0833. The molecule has 2 aromatic rings. The summed E-state index contributed by atoms with van der Waals surface area (Å²) in [7, 11) is 1.71. The highest BCUT2D eigenvalue weighted by molar-refractivity contribution is 9.10. The highest BCUT2D eigenvalue weighted by Gasteiger charge is 2.14. The van der Waals surface area contributed by atoms with Crippen molar-refractivity contribution in [2.24, 2.45) is 0 Å². The number of amides is 1. The van der Waals surface area contributed by atoms with E-state index in [1.807, 2.05) is 0 Å². The molecule has 98 valence electrons. The summed E-state index contributed by atoms with van der Waals surface area (Å²) in [6, 6.07) is 5.28. The number of aromatic nitrogens is 2. The minimum Gasteiger partial charge on any atom is -0.372 e. The van der Waals surface area contributed by atoms with Crippen molar-refractivity contribution < 1.29 is 4.79 Å². The van der Waals surface area contributed by atoms with Crippen LogP contribution >= 0.6 is 31.9 Å². The van der Waals surface area contributed by atoms with Gasteiger partial charge >= 0.3 is 0 Å². The van der Waals surface area contributed by atoms with Crippen molar-refractivity contribution in [3.63, 3.8) is 0 Å². The highest BCUT2D eigenvalue weighted by atomic mass is 79.9. The Kier molecular flexibility index (Phi) is 4.49. The number of anilines is 2. The van der Waals surface area contributed by atoms with Gasteiger partial charge in [0, 0.05) is 23.9 Å². The van der Waals surface area contributed by atoms with Crippen LogP contribution < -0.4 is 10.6 Å². The number of carbonyl (C=O) groups is 1. The van der Waals surface area contributed by atoms with E-state index >= 15 is 0 Å². The first-order valence-electron chi connectivity index (χ1n) is 5.37. The average molecular weight is 386 g/mol. The quantitative estimate of drug-likeness (QED) is 0.850. The number of nitrogens with zero attached hydrogens (tertiary/aromatic N) is 2. The van der Waals surface area contributed by atoms with Gasteiger partial charge in [-0.1, -0.05) is 0 Å². The lowest BCUT2D eigenvalue weighted by Crippen LogP contribution is -2.16. The molecule has 2 rings (SSSR count).